The van der Waals surface area contributed by atoms with Crippen molar-refractivity contribution in [3.8, 4) is 5.75 Å². The highest BCUT2D eigenvalue weighted by Crippen LogP contribution is 2.28. The van der Waals surface area contributed by atoms with E-state index in [1.807, 2.05) is 31.3 Å². The molecule has 0 atom stereocenters. The van der Waals surface area contributed by atoms with Gasteiger partial charge in [0.2, 0.25) is 0 Å². The summed E-state index contributed by atoms with van der Waals surface area (Å²) in [7, 11) is 3.70. The zero-order valence-electron chi connectivity index (χ0n) is 11.5. The molecule has 0 spiro atoms. The number of anilines is 2. The zero-order valence-corrected chi connectivity index (χ0v) is 12.3. The number of rotatable bonds is 6. The predicted octanol–water partition coefficient (Wildman–Crippen LogP) is 3.03. The van der Waals surface area contributed by atoms with Crippen molar-refractivity contribution in [3.05, 3.63) is 35.3 Å². The molecule has 0 radical (unpaired) electrons. The molecule has 4 nitrogen and oxygen atoms in total. The molecule has 2 rings (SSSR count). The Morgan fingerprint density at radius 1 is 1.32 bits per heavy atom. The van der Waals surface area contributed by atoms with Gasteiger partial charge in [0.25, 0.3) is 0 Å². The smallest absolute Gasteiger partial charge is 0.189 e. The summed E-state index contributed by atoms with van der Waals surface area (Å²) in [6.07, 6.45) is 0. The van der Waals surface area contributed by atoms with Crippen molar-refractivity contribution in [2.45, 2.75) is 13.5 Å². The lowest BCUT2D eigenvalue weighted by molar-refractivity contribution is 0.415. The van der Waals surface area contributed by atoms with Gasteiger partial charge >= 0.3 is 0 Å². The van der Waals surface area contributed by atoms with Gasteiger partial charge in [0.1, 0.15) is 5.75 Å². The van der Waals surface area contributed by atoms with Crippen LogP contribution in [0.4, 0.5) is 10.8 Å². The number of ether oxygens (including phenoxy) is 1. The molecule has 0 saturated heterocycles. The molecular formula is C14H19N3OS. The largest absolute Gasteiger partial charge is 0.497 e. The summed E-state index contributed by atoms with van der Waals surface area (Å²) in [5.41, 5.74) is 2.19. The van der Waals surface area contributed by atoms with Gasteiger partial charge in [-0.3, -0.25) is 0 Å². The number of benzene rings is 1. The van der Waals surface area contributed by atoms with Crippen LogP contribution < -0.4 is 15.0 Å². The van der Waals surface area contributed by atoms with Crippen molar-refractivity contribution in [1.82, 2.24) is 10.3 Å². The van der Waals surface area contributed by atoms with Crippen LogP contribution in [0.5, 0.6) is 5.75 Å². The molecule has 5 heteroatoms. The van der Waals surface area contributed by atoms with E-state index >= 15 is 0 Å². The van der Waals surface area contributed by atoms with Crippen molar-refractivity contribution in [2.24, 2.45) is 0 Å². The molecule has 19 heavy (non-hydrogen) atoms. The first-order chi connectivity index (χ1) is 9.24. The van der Waals surface area contributed by atoms with Gasteiger partial charge in [-0.25, -0.2) is 4.98 Å². The summed E-state index contributed by atoms with van der Waals surface area (Å²) < 4.78 is 5.16. The molecule has 2 aromatic rings. The van der Waals surface area contributed by atoms with Crippen molar-refractivity contribution < 1.29 is 4.74 Å². The fraction of sp³-hybridized carbons (Fsp3) is 0.357. The van der Waals surface area contributed by atoms with Crippen molar-refractivity contribution >= 4 is 22.2 Å². The number of methoxy groups -OCH3 is 1. The van der Waals surface area contributed by atoms with Crippen LogP contribution >= 0.6 is 11.3 Å². The Hall–Kier alpha value is -1.59. The standard InChI is InChI=1S/C14H19N3OS/c1-4-15-9-11-10-19-14(16-11)17(2)12-5-7-13(18-3)8-6-12/h5-8,10,15H,4,9H2,1-3H3. The fourth-order valence-electron chi connectivity index (χ4n) is 1.70. The summed E-state index contributed by atoms with van der Waals surface area (Å²) in [4.78, 5) is 6.70. The van der Waals surface area contributed by atoms with Crippen molar-refractivity contribution in [2.75, 3.05) is 25.6 Å². The van der Waals surface area contributed by atoms with Crippen LogP contribution in [0.2, 0.25) is 0 Å². The lowest BCUT2D eigenvalue weighted by Gasteiger charge is -2.16. The van der Waals surface area contributed by atoms with Crippen LogP contribution in [0, 0.1) is 0 Å². The van der Waals surface area contributed by atoms with Gasteiger partial charge in [-0.05, 0) is 30.8 Å². The second kappa shape index (κ2) is 6.54. The lowest BCUT2D eigenvalue weighted by Crippen LogP contribution is -2.13. The quantitative estimate of drug-likeness (QED) is 0.880. The molecule has 0 saturated carbocycles. The molecule has 0 bridgehead atoms. The maximum atomic E-state index is 5.16. The van der Waals surface area contributed by atoms with E-state index in [0.29, 0.717) is 0 Å². The molecule has 1 aromatic heterocycles. The predicted molar refractivity (Wildman–Crippen MR) is 80.6 cm³/mol. The summed E-state index contributed by atoms with van der Waals surface area (Å²) in [6, 6.07) is 7.98. The lowest BCUT2D eigenvalue weighted by atomic mass is 10.3. The second-order valence-corrected chi connectivity index (χ2v) is 5.00. The maximum absolute atomic E-state index is 5.16. The zero-order chi connectivity index (χ0) is 13.7. The number of hydrogen-bond donors (Lipinski definition) is 1. The second-order valence-electron chi connectivity index (χ2n) is 4.16. The molecule has 1 aromatic carbocycles. The van der Waals surface area contributed by atoms with Crippen LogP contribution in [0.3, 0.4) is 0 Å². The Morgan fingerprint density at radius 3 is 2.68 bits per heavy atom. The molecular weight excluding hydrogens is 258 g/mol. The van der Waals surface area contributed by atoms with Gasteiger partial charge in [0.15, 0.2) is 5.13 Å². The highest BCUT2D eigenvalue weighted by molar-refractivity contribution is 7.13. The van der Waals surface area contributed by atoms with E-state index in [2.05, 4.69) is 27.5 Å². The van der Waals surface area contributed by atoms with E-state index in [-0.39, 0.29) is 0 Å². The molecule has 0 fully saturated rings. The molecule has 0 amide bonds. The van der Waals surface area contributed by atoms with Crippen LogP contribution in [-0.4, -0.2) is 25.7 Å². The average Bonchev–Trinajstić information content (AvgIpc) is 2.93. The molecule has 0 unspecified atom stereocenters. The third-order valence-corrected chi connectivity index (χ3v) is 3.81. The van der Waals surface area contributed by atoms with E-state index < -0.39 is 0 Å². The normalized spacial score (nSPS) is 10.5. The van der Waals surface area contributed by atoms with Crippen LogP contribution in [-0.2, 0) is 6.54 Å². The monoisotopic (exact) mass is 277 g/mol. The Bertz CT molecular complexity index is 510. The van der Waals surface area contributed by atoms with E-state index in [0.717, 1.165) is 35.4 Å². The summed E-state index contributed by atoms with van der Waals surface area (Å²) in [5, 5.41) is 6.37. The number of aromatic nitrogens is 1. The summed E-state index contributed by atoms with van der Waals surface area (Å²) >= 11 is 1.66. The summed E-state index contributed by atoms with van der Waals surface area (Å²) in [5.74, 6) is 0.865. The summed E-state index contributed by atoms with van der Waals surface area (Å²) in [6.45, 7) is 3.88. The van der Waals surface area contributed by atoms with E-state index in [1.165, 1.54) is 0 Å². The first-order valence-electron chi connectivity index (χ1n) is 6.27. The van der Waals surface area contributed by atoms with Crippen molar-refractivity contribution in [1.29, 1.82) is 0 Å². The SMILES string of the molecule is CCNCc1csc(N(C)c2ccc(OC)cc2)n1. The number of thiazole rings is 1. The Morgan fingerprint density at radius 2 is 2.05 bits per heavy atom. The van der Waals surface area contributed by atoms with Gasteiger partial charge in [0, 0.05) is 24.7 Å². The van der Waals surface area contributed by atoms with E-state index in [1.54, 1.807) is 18.4 Å². The van der Waals surface area contributed by atoms with E-state index in [4.69, 9.17) is 4.74 Å². The first-order valence-corrected chi connectivity index (χ1v) is 7.15. The first kappa shape index (κ1) is 13.8. The Balaban J connectivity index is 2.09. The van der Waals surface area contributed by atoms with Gasteiger partial charge in [-0.2, -0.15) is 0 Å². The number of hydrogen-bond acceptors (Lipinski definition) is 5. The van der Waals surface area contributed by atoms with Gasteiger partial charge in [-0.1, -0.05) is 6.92 Å². The molecule has 0 aliphatic heterocycles. The van der Waals surface area contributed by atoms with Gasteiger partial charge in [0.05, 0.1) is 12.8 Å². The number of nitrogens with zero attached hydrogens (tertiary/aromatic N) is 2. The van der Waals surface area contributed by atoms with Crippen LogP contribution in [0.15, 0.2) is 29.6 Å². The molecule has 1 N–H and O–H groups in total. The van der Waals surface area contributed by atoms with Gasteiger partial charge < -0.3 is 15.0 Å². The number of nitrogens with one attached hydrogen (secondary N) is 1. The molecule has 0 aliphatic rings. The minimum absolute atomic E-state index is 0.823. The molecule has 0 aliphatic carbocycles. The minimum atomic E-state index is 0.823. The Kier molecular flexibility index (Phi) is 4.76. The third kappa shape index (κ3) is 3.45. The molecule has 1 heterocycles. The average molecular weight is 277 g/mol. The molecule has 102 valence electrons. The van der Waals surface area contributed by atoms with Crippen LogP contribution in [0.1, 0.15) is 12.6 Å². The van der Waals surface area contributed by atoms with Crippen molar-refractivity contribution in [3.63, 3.8) is 0 Å². The maximum Gasteiger partial charge on any atom is 0.189 e. The highest BCUT2D eigenvalue weighted by atomic mass is 32.1. The Labute approximate surface area is 118 Å². The van der Waals surface area contributed by atoms with E-state index in [9.17, 15) is 0 Å². The van der Waals surface area contributed by atoms with Crippen LogP contribution in [0.25, 0.3) is 0 Å². The fourth-order valence-corrected chi connectivity index (χ4v) is 2.51. The third-order valence-electron chi connectivity index (χ3n) is 2.84. The highest BCUT2D eigenvalue weighted by Gasteiger charge is 2.08. The topological polar surface area (TPSA) is 37.4 Å². The van der Waals surface area contributed by atoms with Gasteiger partial charge in [-0.15, -0.1) is 11.3 Å². The minimum Gasteiger partial charge on any atom is -0.497 e.